The fourth-order valence-corrected chi connectivity index (χ4v) is 3.46. The highest BCUT2D eigenvalue weighted by atomic mass is 32.2. The molecule has 0 unspecified atom stereocenters. The normalized spacial score (nSPS) is 11.2. The first-order valence-electron chi connectivity index (χ1n) is 9.05. The molecule has 8 nitrogen and oxygen atoms in total. The van der Waals surface area contributed by atoms with Gasteiger partial charge in [-0.2, -0.15) is 0 Å². The van der Waals surface area contributed by atoms with Gasteiger partial charge in [0.2, 0.25) is 15.9 Å². The van der Waals surface area contributed by atoms with Gasteiger partial charge in [-0.1, -0.05) is 36.4 Å². The first-order chi connectivity index (χ1) is 13.7. The largest absolute Gasteiger partial charge is 0.337 e. The van der Waals surface area contributed by atoms with E-state index in [0.29, 0.717) is 12.2 Å². The Labute approximate surface area is 171 Å². The Bertz CT molecular complexity index is 946. The smallest absolute Gasteiger partial charge is 0.317 e. The van der Waals surface area contributed by atoms with Crippen LogP contribution in [0.25, 0.3) is 0 Å². The summed E-state index contributed by atoms with van der Waals surface area (Å²) in [4.78, 5) is 25.9. The van der Waals surface area contributed by atoms with Gasteiger partial charge in [-0.15, -0.1) is 0 Å². The molecule has 0 atom stereocenters. The van der Waals surface area contributed by atoms with Crippen LogP contribution in [-0.4, -0.2) is 57.2 Å². The van der Waals surface area contributed by atoms with E-state index in [1.807, 2.05) is 30.3 Å². The Morgan fingerprint density at radius 1 is 0.966 bits per heavy atom. The van der Waals surface area contributed by atoms with Crippen molar-refractivity contribution < 1.29 is 18.0 Å². The molecule has 29 heavy (non-hydrogen) atoms. The average Bonchev–Trinajstić information content (AvgIpc) is 2.68. The lowest BCUT2D eigenvalue weighted by Gasteiger charge is -2.18. The molecule has 2 N–H and O–H groups in total. The third-order valence-corrected chi connectivity index (χ3v) is 5.95. The molecule has 9 heteroatoms. The van der Waals surface area contributed by atoms with Gasteiger partial charge < -0.3 is 15.5 Å². The lowest BCUT2D eigenvalue weighted by molar-refractivity contribution is -0.116. The molecular formula is C20H26N4O4S. The summed E-state index contributed by atoms with van der Waals surface area (Å²) < 4.78 is 25.5. The van der Waals surface area contributed by atoms with Crippen molar-refractivity contribution in [3.63, 3.8) is 0 Å². The third kappa shape index (κ3) is 6.58. The van der Waals surface area contributed by atoms with Crippen molar-refractivity contribution in [3.05, 3.63) is 60.2 Å². The molecular weight excluding hydrogens is 392 g/mol. The Morgan fingerprint density at radius 3 is 2.31 bits per heavy atom. The molecule has 0 radical (unpaired) electrons. The van der Waals surface area contributed by atoms with Crippen molar-refractivity contribution in [2.45, 2.75) is 17.9 Å². The number of nitrogens with one attached hydrogen (secondary N) is 2. The minimum atomic E-state index is -3.58. The van der Waals surface area contributed by atoms with Crippen LogP contribution in [0.3, 0.4) is 0 Å². The maximum atomic E-state index is 12.2. The van der Waals surface area contributed by atoms with E-state index in [-0.39, 0.29) is 29.8 Å². The van der Waals surface area contributed by atoms with Gasteiger partial charge in [0, 0.05) is 46.3 Å². The first kappa shape index (κ1) is 22.4. The van der Waals surface area contributed by atoms with Crippen LogP contribution < -0.4 is 10.6 Å². The molecule has 0 aliphatic heterocycles. The van der Waals surface area contributed by atoms with Crippen LogP contribution in [0.15, 0.2) is 59.5 Å². The fourth-order valence-electron chi connectivity index (χ4n) is 2.52. The zero-order valence-electron chi connectivity index (χ0n) is 16.8. The summed E-state index contributed by atoms with van der Waals surface area (Å²) in [6, 6.07) is 15.4. The zero-order chi connectivity index (χ0) is 21.4. The Kier molecular flexibility index (Phi) is 7.74. The van der Waals surface area contributed by atoms with Gasteiger partial charge in [0.25, 0.3) is 0 Å². The van der Waals surface area contributed by atoms with Gasteiger partial charge in [0.1, 0.15) is 0 Å². The van der Waals surface area contributed by atoms with Crippen molar-refractivity contribution >= 4 is 27.6 Å². The SMILES string of the molecule is CN(Cc1ccccc1)C(=O)NCCC(=O)Nc1cccc(S(=O)(=O)N(C)C)c1. The van der Waals surface area contributed by atoms with E-state index in [4.69, 9.17) is 0 Å². The van der Waals surface area contributed by atoms with Gasteiger partial charge in [0.05, 0.1) is 4.90 Å². The van der Waals surface area contributed by atoms with Crippen molar-refractivity contribution in [3.8, 4) is 0 Å². The summed E-state index contributed by atoms with van der Waals surface area (Å²) in [5.74, 6) is -0.324. The minimum Gasteiger partial charge on any atom is -0.337 e. The summed E-state index contributed by atoms with van der Waals surface area (Å²) in [5.41, 5.74) is 1.39. The number of hydrogen-bond donors (Lipinski definition) is 2. The molecule has 2 rings (SSSR count). The fraction of sp³-hybridized carbons (Fsp3) is 0.300. The molecule has 0 heterocycles. The lowest BCUT2D eigenvalue weighted by atomic mass is 10.2. The third-order valence-electron chi connectivity index (χ3n) is 4.13. The van der Waals surface area contributed by atoms with E-state index < -0.39 is 10.0 Å². The Hall–Kier alpha value is -2.91. The van der Waals surface area contributed by atoms with Crippen molar-refractivity contribution in [2.75, 3.05) is 33.0 Å². The molecule has 0 aliphatic rings. The molecule has 0 saturated carbocycles. The van der Waals surface area contributed by atoms with Crippen molar-refractivity contribution in [1.29, 1.82) is 0 Å². The second kappa shape index (κ2) is 10.0. The molecule has 2 aromatic rings. The van der Waals surface area contributed by atoms with Gasteiger partial charge in [-0.05, 0) is 23.8 Å². The number of urea groups is 1. The molecule has 0 bridgehead atoms. The Balaban J connectivity index is 1.82. The molecule has 0 saturated heterocycles. The maximum Gasteiger partial charge on any atom is 0.317 e. The molecule has 0 spiro atoms. The maximum absolute atomic E-state index is 12.2. The van der Waals surface area contributed by atoms with Crippen LogP contribution in [0.4, 0.5) is 10.5 Å². The van der Waals surface area contributed by atoms with Crippen LogP contribution in [-0.2, 0) is 21.4 Å². The summed E-state index contributed by atoms with van der Waals surface area (Å²) in [7, 11) is 0.985. The van der Waals surface area contributed by atoms with E-state index in [1.54, 1.807) is 19.2 Å². The quantitative estimate of drug-likeness (QED) is 0.686. The van der Waals surface area contributed by atoms with Gasteiger partial charge in [0.15, 0.2) is 0 Å². The van der Waals surface area contributed by atoms with Gasteiger partial charge in [-0.25, -0.2) is 17.5 Å². The number of nitrogens with zero attached hydrogens (tertiary/aromatic N) is 2. The van der Waals surface area contributed by atoms with E-state index in [2.05, 4.69) is 10.6 Å². The van der Waals surface area contributed by atoms with E-state index >= 15 is 0 Å². The number of carbonyl (C=O) groups excluding carboxylic acids is 2. The minimum absolute atomic E-state index is 0.0651. The lowest BCUT2D eigenvalue weighted by Crippen LogP contribution is -2.38. The number of anilines is 1. The monoisotopic (exact) mass is 418 g/mol. The number of carbonyl (C=O) groups is 2. The highest BCUT2D eigenvalue weighted by Crippen LogP contribution is 2.18. The van der Waals surface area contributed by atoms with Crippen LogP contribution in [0.2, 0.25) is 0 Å². The first-order valence-corrected chi connectivity index (χ1v) is 10.5. The highest BCUT2D eigenvalue weighted by molar-refractivity contribution is 7.89. The molecule has 3 amide bonds. The molecule has 156 valence electrons. The topological polar surface area (TPSA) is 98.8 Å². The summed E-state index contributed by atoms with van der Waals surface area (Å²) in [5, 5.41) is 5.34. The van der Waals surface area contributed by atoms with Gasteiger partial charge in [-0.3, -0.25) is 4.79 Å². The summed E-state index contributed by atoms with van der Waals surface area (Å²) >= 11 is 0. The van der Waals surface area contributed by atoms with Crippen molar-refractivity contribution in [2.24, 2.45) is 0 Å². The second-order valence-electron chi connectivity index (χ2n) is 6.69. The van der Waals surface area contributed by atoms with Crippen LogP contribution in [0.1, 0.15) is 12.0 Å². The molecule has 0 aromatic heterocycles. The second-order valence-corrected chi connectivity index (χ2v) is 8.84. The highest BCUT2D eigenvalue weighted by Gasteiger charge is 2.17. The zero-order valence-corrected chi connectivity index (χ0v) is 17.6. The van der Waals surface area contributed by atoms with Crippen molar-refractivity contribution in [1.82, 2.24) is 14.5 Å². The summed E-state index contributed by atoms with van der Waals surface area (Å²) in [6.45, 7) is 0.630. The number of sulfonamides is 1. The standard InChI is InChI=1S/C20H26N4O4S/c1-23(2)29(27,28)18-11-7-10-17(14-18)22-19(25)12-13-21-20(26)24(3)15-16-8-5-4-6-9-16/h4-11,14H,12-13,15H2,1-3H3,(H,21,26)(H,22,25). The van der Waals surface area contributed by atoms with Crippen LogP contribution in [0.5, 0.6) is 0 Å². The molecule has 0 aliphatic carbocycles. The van der Waals surface area contributed by atoms with E-state index in [0.717, 1.165) is 9.87 Å². The van der Waals surface area contributed by atoms with Crippen LogP contribution in [0, 0.1) is 0 Å². The predicted octanol–water partition coefficient (Wildman–Crippen LogP) is 2.11. The number of benzene rings is 2. The average molecular weight is 419 g/mol. The van der Waals surface area contributed by atoms with Gasteiger partial charge >= 0.3 is 6.03 Å². The number of amides is 3. The number of hydrogen-bond acceptors (Lipinski definition) is 4. The number of rotatable bonds is 8. The van der Waals surface area contributed by atoms with Crippen LogP contribution >= 0.6 is 0 Å². The Morgan fingerprint density at radius 2 is 1.66 bits per heavy atom. The molecule has 0 fully saturated rings. The van der Waals surface area contributed by atoms with E-state index in [9.17, 15) is 18.0 Å². The predicted molar refractivity (Wildman–Crippen MR) is 112 cm³/mol. The summed E-state index contributed by atoms with van der Waals surface area (Å²) in [6.07, 6.45) is 0.0651. The molecule has 2 aromatic carbocycles. The van der Waals surface area contributed by atoms with E-state index in [1.165, 1.54) is 31.1 Å².